The molecule has 0 saturated carbocycles. The third-order valence-corrected chi connectivity index (χ3v) is 5.90. The molecule has 4 nitrogen and oxygen atoms in total. The SMILES string of the molecule is Cc1ccc(O[C@H](C)C(=O)N2CCN(C(c3ccccc3)c3ccccc3)CC2)cc1. The number of benzene rings is 3. The van der Waals surface area contributed by atoms with E-state index in [1.54, 1.807) is 0 Å². The lowest BCUT2D eigenvalue weighted by Gasteiger charge is -2.40. The first-order valence-corrected chi connectivity index (χ1v) is 11.0. The molecule has 0 spiro atoms. The summed E-state index contributed by atoms with van der Waals surface area (Å²) in [6.45, 7) is 6.95. The Labute approximate surface area is 185 Å². The topological polar surface area (TPSA) is 32.8 Å². The van der Waals surface area contributed by atoms with Crippen LogP contribution in [0.5, 0.6) is 5.75 Å². The molecule has 0 bridgehead atoms. The Bertz CT molecular complexity index is 926. The van der Waals surface area contributed by atoms with Crippen LogP contribution in [0.15, 0.2) is 84.9 Å². The molecule has 3 aromatic rings. The molecule has 0 aromatic heterocycles. The molecule has 3 aromatic carbocycles. The van der Waals surface area contributed by atoms with Gasteiger partial charge in [-0.3, -0.25) is 9.69 Å². The zero-order valence-corrected chi connectivity index (χ0v) is 18.3. The van der Waals surface area contributed by atoms with Crippen LogP contribution in [0.2, 0.25) is 0 Å². The summed E-state index contributed by atoms with van der Waals surface area (Å²) in [7, 11) is 0. The monoisotopic (exact) mass is 414 g/mol. The van der Waals surface area contributed by atoms with Crippen LogP contribution in [-0.4, -0.2) is 48.0 Å². The highest BCUT2D eigenvalue weighted by Gasteiger charge is 2.30. The summed E-state index contributed by atoms with van der Waals surface area (Å²) < 4.78 is 5.89. The first kappa shape index (κ1) is 21.1. The minimum atomic E-state index is -0.492. The molecule has 0 radical (unpaired) electrons. The Kier molecular flexibility index (Phi) is 6.68. The minimum absolute atomic E-state index is 0.0520. The molecular formula is C27H30N2O2. The third-order valence-electron chi connectivity index (χ3n) is 5.90. The van der Waals surface area contributed by atoms with Gasteiger partial charge >= 0.3 is 0 Å². The molecule has 0 N–H and O–H groups in total. The lowest BCUT2D eigenvalue weighted by atomic mass is 9.96. The van der Waals surface area contributed by atoms with Gasteiger partial charge in [-0.15, -0.1) is 0 Å². The summed E-state index contributed by atoms with van der Waals surface area (Å²) in [4.78, 5) is 17.4. The van der Waals surface area contributed by atoms with Gasteiger partial charge in [-0.25, -0.2) is 0 Å². The van der Waals surface area contributed by atoms with Crippen molar-refractivity contribution in [2.75, 3.05) is 26.2 Å². The molecule has 31 heavy (non-hydrogen) atoms. The standard InChI is InChI=1S/C27H30N2O2/c1-21-13-15-25(16-14-21)31-22(2)27(30)29-19-17-28(18-20-29)26(23-9-5-3-6-10-23)24-11-7-4-8-12-24/h3-16,22,26H,17-20H2,1-2H3/t22-/m1/s1. The fourth-order valence-corrected chi connectivity index (χ4v) is 4.21. The summed E-state index contributed by atoms with van der Waals surface area (Å²) in [5.41, 5.74) is 3.74. The van der Waals surface area contributed by atoms with Gasteiger partial charge in [0, 0.05) is 26.2 Å². The number of carbonyl (C=O) groups excluding carboxylic acids is 1. The molecule has 1 fully saturated rings. The molecule has 1 heterocycles. The molecule has 4 heteroatoms. The van der Waals surface area contributed by atoms with E-state index < -0.39 is 6.10 Å². The van der Waals surface area contributed by atoms with Crippen LogP contribution in [0.4, 0.5) is 0 Å². The van der Waals surface area contributed by atoms with E-state index in [0.29, 0.717) is 13.1 Å². The van der Waals surface area contributed by atoms with Gasteiger partial charge in [-0.2, -0.15) is 0 Å². The van der Waals surface area contributed by atoms with Crippen LogP contribution < -0.4 is 4.74 Å². The average Bonchev–Trinajstić information content (AvgIpc) is 2.82. The van der Waals surface area contributed by atoms with Gasteiger partial charge in [0.25, 0.3) is 5.91 Å². The molecule has 0 unspecified atom stereocenters. The fraction of sp³-hybridized carbons (Fsp3) is 0.296. The van der Waals surface area contributed by atoms with Crippen molar-refractivity contribution in [1.29, 1.82) is 0 Å². The number of piperazine rings is 1. The number of aryl methyl sites for hydroxylation is 1. The van der Waals surface area contributed by atoms with E-state index in [1.165, 1.54) is 16.7 Å². The van der Waals surface area contributed by atoms with Crippen LogP contribution in [0, 0.1) is 6.92 Å². The van der Waals surface area contributed by atoms with E-state index in [2.05, 4.69) is 65.6 Å². The Morgan fingerprint density at radius 2 is 1.29 bits per heavy atom. The second-order valence-corrected chi connectivity index (χ2v) is 8.16. The number of rotatable bonds is 6. The predicted octanol–water partition coefficient (Wildman–Crippen LogP) is 4.70. The summed E-state index contributed by atoms with van der Waals surface area (Å²) in [6.07, 6.45) is -0.492. The molecule has 160 valence electrons. The molecule has 1 saturated heterocycles. The molecule has 4 rings (SSSR count). The smallest absolute Gasteiger partial charge is 0.263 e. The van der Waals surface area contributed by atoms with Crippen molar-refractivity contribution in [3.8, 4) is 5.75 Å². The van der Waals surface area contributed by atoms with Crippen molar-refractivity contribution >= 4 is 5.91 Å². The van der Waals surface area contributed by atoms with Crippen LogP contribution in [0.25, 0.3) is 0 Å². The van der Waals surface area contributed by atoms with Gasteiger partial charge in [-0.05, 0) is 37.1 Å². The van der Waals surface area contributed by atoms with Gasteiger partial charge in [0.2, 0.25) is 0 Å². The maximum atomic E-state index is 13.0. The van der Waals surface area contributed by atoms with Crippen LogP contribution in [-0.2, 0) is 4.79 Å². The van der Waals surface area contributed by atoms with E-state index in [9.17, 15) is 4.79 Å². The molecule has 1 aliphatic heterocycles. The van der Waals surface area contributed by atoms with Gasteiger partial charge in [0.1, 0.15) is 5.75 Å². The van der Waals surface area contributed by atoms with Crippen molar-refractivity contribution in [2.24, 2.45) is 0 Å². The quantitative estimate of drug-likeness (QED) is 0.586. The van der Waals surface area contributed by atoms with Crippen molar-refractivity contribution in [2.45, 2.75) is 26.0 Å². The Balaban J connectivity index is 1.41. The maximum Gasteiger partial charge on any atom is 0.263 e. The Morgan fingerprint density at radius 1 is 0.774 bits per heavy atom. The zero-order valence-electron chi connectivity index (χ0n) is 18.3. The lowest BCUT2D eigenvalue weighted by Crippen LogP contribution is -2.52. The summed E-state index contributed by atoms with van der Waals surface area (Å²) in [5.74, 6) is 0.787. The Morgan fingerprint density at radius 3 is 1.81 bits per heavy atom. The molecular weight excluding hydrogens is 384 g/mol. The summed E-state index contributed by atoms with van der Waals surface area (Å²) in [6, 6.07) is 29.3. The average molecular weight is 415 g/mol. The highest BCUT2D eigenvalue weighted by atomic mass is 16.5. The van der Waals surface area contributed by atoms with E-state index >= 15 is 0 Å². The van der Waals surface area contributed by atoms with Gasteiger partial charge in [-0.1, -0.05) is 78.4 Å². The van der Waals surface area contributed by atoms with Gasteiger partial charge in [0.15, 0.2) is 6.10 Å². The number of hydrogen-bond acceptors (Lipinski definition) is 3. The maximum absolute atomic E-state index is 13.0. The largest absolute Gasteiger partial charge is 0.481 e. The second-order valence-electron chi connectivity index (χ2n) is 8.16. The third kappa shape index (κ3) is 5.15. The number of ether oxygens (including phenoxy) is 1. The number of amides is 1. The van der Waals surface area contributed by atoms with Crippen molar-refractivity contribution in [1.82, 2.24) is 9.80 Å². The first-order chi connectivity index (χ1) is 15.1. The lowest BCUT2D eigenvalue weighted by molar-refractivity contribution is -0.140. The van der Waals surface area contributed by atoms with Crippen molar-refractivity contribution < 1.29 is 9.53 Å². The second kappa shape index (κ2) is 9.80. The van der Waals surface area contributed by atoms with Gasteiger partial charge in [0.05, 0.1) is 6.04 Å². The van der Waals surface area contributed by atoms with Crippen LogP contribution >= 0.6 is 0 Å². The molecule has 1 aliphatic rings. The van der Waals surface area contributed by atoms with Crippen LogP contribution in [0.3, 0.4) is 0 Å². The number of carbonyl (C=O) groups is 1. The highest BCUT2D eigenvalue weighted by molar-refractivity contribution is 5.81. The predicted molar refractivity (Wildman–Crippen MR) is 124 cm³/mol. The number of nitrogens with zero attached hydrogens (tertiary/aromatic N) is 2. The number of hydrogen-bond donors (Lipinski definition) is 0. The molecule has 0 aliphatic carbocycles. The first-order valence-electron chi connectivity index (χ1n) is 11.0. The van der Waals surface area contributed by atoms with E-state index in [1.807, 2.05) is 43.0 Å². The zero-order chi connectivity index (χ0) is 21.6. The van der Waals surface area contributed by atoms with Crippen molar-refractivity contribution in [3.05, 3.63) is 102 Å². The van der Waals surface area contributed by atoms with Gasteiger partial charge < -0.3 is 9.64 Å². The minimum Gasteiger partial charge on any atom is -0.481 e. The molecule has 1 atom stereocenters. The highest BCUT2D eigenvalue weighted by Crippen LogP contribution is 2.29. The normalized spacial score (nSPS) is 15.6. The van der Waals surface area contributed by atoms with E-state index in [4.69, 9.17) is 4.74 Å². The Hall–Kier alpha value is -3.11. The molecule has 1 amide bonds. The fourth-order valence-electron chi connectivity index (χ4n) is 4.21. The summed E-state index contributed by atoms with van der Waals surface area (Å²) in [5, 5.41) is 0. The van der Waals surface area contributed by atoms with E-state index in [-0.39, 0.29) is 11.9 Å². The van der Waals surface area contributed by atoms with Crippen molar-refractivity contribution in [3.63, 3.8) is 0 Å². The van der Waals surface area contributed by atoms with E-state index in [0.717, 1.165) is 18.8 Å². The summed E-state index contributed by atoms with van der Waals surface area (Å²) >= 11 is 0. The van der Waals surface area contributed by atoms with Crippen LogP contribution in [0.1, 0.15) is 29.7 Å².